The number of aromatic nitrogens is 2. The van der Waals surface area contributed by atoms with E-state index in [0.717, 1.165) is 19.6 Å². The van der Waals surface area contributed by atoms with Crippen LogP contribution in [0.2, 0.25) is 0 Å². The molecule has 2 fully saturated rings. The van der Waals surface area contributed by atoms with E-state index in [1.807, 2.05) is 0 Å². The number of likely N-dealkylation sites (tertiary alicyclic amines) is 1. The molecule has 3 rings (SSSR count). The molecule has 2 saturated heterocycles. The van der Waals surface area contributed by atoms with Crippen molar-refractivity contribution >= 4 is 17.8 Å². The average Bonchev–Trinajstić information content (AvgIpc) is 3.32. The number of hydrogen-bond donors (Lipinski definition) is 1. The van der Waals surface area contributed by atoms with Gasteiger partial charge in [0.1, 0.15) is 11.9 Å². The van der Waals surface area contributed by atoms with Crippen LogP contribution in [0.5, 0.6) is 0 Å². The lowest BCUT2D eigenvalue weighted by molar-refractivity contribution is -0.130. The maximum absolute atomic E-state index is 12.6. The predicted octanol–water partition coefficient (Wildman–Crippen LogP) is 1.17. The van der Waals surface area contributed by atoms with E-state index in [4.69, 9.17) is 4.74 Å². The van der Waals surface area contributed by atoms with Crippen LogP contribution in [0.4, 0.5) is 10.6 Å². The lowest BCUT2D eigenvalue weighted by atomic mass is 10.1. The number of nitrogens with one attached hydrogen (secondary N) is 1. The fourth-order valence-electron chi connectivity index (χ4n) is 3.31. The Balaban J connectivity index is 1.59. The predicted molar refractivity (Wildman–Crippen MR) is 93.1 cm³/mol. The number of urea groups is 1. The van der Waals surface area contributed by atoms with E-state index in [1.54, 1.807) is 35.0 Å². The van der Waals surface area contributed by atoms with Crippen molar-refractivity contribution in [3.63, 3.8) is 0 Å². The molecular formula is C17H25N5O3. The molecule has 2 aliphatic heterocycles. The highest BCUT2D eigenvalue weighted by Crippen LogP contribution is 2.19. The molecule has 3 heterocycles. The van der Waals surface area contributed by atoms with Crippen molar-refractivity contribution in [1.29, 1.82) is 0 Å². The van der Waals surface area contributed by atoms with Gasteiger partial charge < -0.3 is 14.5 Å². The Kier molecular flexibility index (Phi) is 5.37. The summed E-state index contributed by atoms with van der Waals surface area (Å²) in [4.78, 5) is 28.1. The highest BCUT2D eigenvalue weighted by Gasteiger charge is 2.36. The molecule has 136 valence electrons. The van der Waals surface area contributed by atoms with E-state index < -0.39 is 6.04 Å². The summed E-state index contributed by atoms with van der Waals surface area (Å²) in [5, 5.41) is 7.15. The zero-order valence-corrected chi connectivity index (χ0v) is 14.6. The number of rotatable bonds is 6. The van der Waals surface area contributed by atoms with Crippen molar-refractivity contribution < 1.29 is 14.3 Å². The molecule has 25 heavy (non-hydrogen) atoms. The van der Waals surface area contributed by atoms with Crippen molar-refractivity contribution in [1.82, 2.24) is 19.6 Å². The summed E-state index contributed by atoms with van der Waals surface area (Å²) in [6, 6.07) is 1.03. The molecule has 8 heteroatoms. The van der Waals surface area contributed by atoms with Gasteiger partial charge in [0, 0.05) is 45.3 Å². The summed E-state index contributed by atoms with van der Waals surface area (Å²) in [6.07, 6.45) is 5.00. The van der Waals surface area contributed by atoms with Crippen LogP contribution in [0, 0.1) is 5.92 Å². The number of nitrogens with zero attached hydrogens (tertiary/aromatic N) is 4. The lowest BCUT2D eigenvalue weighted by Crippen LogP contribution is -2.45. The molecule has 1 N–H and O–H groups in total. The fraction of sp³-hybridized carbons (Fsp3) is 0.588. The van der Waals surface area contributed by atoms with Crippen molar-refractivity contribution in [3.8, 4) is 0 Å². The monoisotopic (exact) mass is 347 g/mol. The molecule has 0 unspecified atom stereocenters. The summed E-state index contributed by atoms with van der Waals surface area (Å²) < 4.78 is 7.17. The number of ether oxygens (including phenoxy) is 1. The van der Waals surface area contributed by atoms with Crippen molar-refractivity contribution in [2.75, 3.05) is 38.7 Å². The highest BCUT2D eigenvalue weighted by molar-refractivity contribution is 5.93. The minimum absolute atomic E-state index is 0.0332. The summed E-state index contributed by atoms with van der Waals surface area (Å²) in [5.74, 6) is 1.02. The first kappa shape index (κ1) is 17.5. The summed E-state index contributed by atoms with van der Waals surface area (Å²) in [6.45, 7) is 7.03. The van der Waals surface area contributed by atoms with Crippen LogP contribution in [-0.2, 0) is 16.1 Å². The quantitative estimate of drug-likeness (QED) is 0.784. The zero-order chi connectivity index (χ0) is 17.8. The maximum Gasteiger partial charge on any atom is 0.323 e. The van der Waals surface area contributed by atoms with Crippen molar-refractivity contribution in [2.45, 2.75) is 25.4 Å². The number of carbonyl (C=O) groups excluding carboxylic acids is 2. The number of likely N-dealkylation sites (N-methyl/N-ethyl adjacent to an activating group) is 1. The molecule has 0 aliphatic carbocycles. The van der Waals surface area contributed by atoms with Gasteiger partial charge in [-0.05, 0) is 12.8 Å². The van der Waals surface area contributed by atoms with Crippen LogP contribution in [0.1, 0.15) is 12.8 Å². The summed E-state index contributed by atoms with van der Waals surface area (Å²) in [5.41, 5.74) is 0. The molecule has 0 bridgehead atoms. The van der Waals surface area contributed by atoms with Crippen LogP contribution in [0.15, 0.2) is 24.9 Å². The summed E-state index contributed by atoms with van der Waals surface area (Å²) >= 11 is 0. The molecule has 2 aliphatic rings. The van der Waals surface area contributed by atoms with Crippen LogP contribution in [-0.4, -0.2) is 70.9 Å². The second-order valence-electron chi connectivity index (χ2n) is 6.55. The first-order valence-electron chi connectivity index (χ1n) is 8.63. The van der Waals surface area contributed by atoms with E-state index in [-0.39, 0.29) is 11.9 Å². The summed E-state index contributed by atoms with van der Waals surface area (Å²) in [7, 11) is 1.65. The molecule has 8 nitrogen and oxygen atoms in total. The van der Waals surface area contributed by atoms with Crippen LogP contribution >= 0.6 is 0 Å². The van der Waals surface area contributed by atoms with Gasteiger partial charge in [-0.15, -0.1) is 6.58 Å². The number of carbonyl (C=O) groups is 2. The molecule has 0 saturated carbocycles. The molecule has 2 atom stereocenters. The van der Waals surface area contributed by atoms with Crippen molar-refractivity contribution in [2.24, 2.45) is 5.92 Å². The molecule has 0 aromatic carbocycles. The first-order chi connectivity index (χ1) is 12.1. The second kappa shape index (κ2) is 7.69. The second-order valence-corrected chi connectivity index (χ2v) is 6.55. The number of amides is 3. The van der Waals surface area contributed by atoms with Gasteiger partial charge in [0.2, 0.25) is 5.91 Å². The third-order valence-corrected chi connectivity index (χ3v) is 4.81. The topological polar surface area (TPSA) is 79.7 Å². The average molecular weight is 347 g/mol. The standard InChI is InChI=1S/C17H25N5O3/c1-3-8-21-9-5-14(16(21)23)20(2)17(24)19-15-4-7-18-22(15)11-13-6-10-25-12-13/h3-4,7,13-14H,1,5-6,8-12H2,2H3,(H,19,24)/t13-,14+/m1/s1. The van der Waals surface area contributed by atoms with Gasteiger partial charge in [-0.2, -0.15) is 5.10 Å². The van der Waals surface area contributed by atoms with Gasteiger partial charge in [-0.25, -0.2) is 9.48 Å². The third kappa shape index (κ3) is 3.84. The molecule has 0 spiro atoms. The van der Waals surface area contributed by atoms with E-state index in [0.29, 0.717) is 37.8 Å². The molecule has 1 aromatic rings. The Labute approximate surface area is 147 Å². The first-order valence-corrected chi connectivity index (χ1v) is 8.63. The van der Waals surface area contributed by atoms with E-state index in [9.17, 15) is 9.59 Å². The van der Waals surface area contributed by atoms with Crippen LogP contribution < -0.4 is 5.32 Å². The van der Waals surface area contributed by atoms with E-state index in [2.05, 4.69) is 17.0 Å². The van der Waals surface area contributed by atoms with Crippen LogP contribution in [0.3, 0.4) is 0 Å². The third-order valence-electron chi connectivity index (χ3n) is 4.81. The highest BCUT2D eigenvalue weighted by atomic mass is 16.5. The van der Waals surface area contributed by atoms with Gasteiger partial charge >= 0.3 is 6.03 Å². The SMILES string of the molecule is C=CCN1CC[C@H](N(C)C(=O)Nc2ccnn2C[C@H]2CCOC2)C1=O. The molecular weight excluding hydrogens is 322 g/mol. The molecule has 1 aromatic heterocycles. The normalized spacial score (nSPS) is 23.1. The van der Waals surface area contributed by atoms with Gasteiger partial charge in [-0.3, -0.25) is 10.1 Å². The van der Waals surface area contributed by atoms with Crippen LogP contribution in [0.25, 0.3) is 0 Å². The number of hydrogen-bond acceptors (Lipinski definition) is 4. The van der Waals surface area contributed by atoms with Gasteiger partial charge in [0.15, 0.2) is 0 Å². The van der Waals surface area contributed by atoms with Gasteiger partial charge in [0.25, 0.3) is 0 Å². The smallest absolute Gasteiger partial charge is 0.323 e. The largest absolute Gasteiger partial charge is 0.381 e. The lowest BCUT2D eigenvalue weighted by Gasteiger charge is -2.24. The minimum atomic E-state index is -0.431. The van der Waals surface area contributed by atoms with Gasteiger partial charge in [-0.1, -0.05) is 6.08 Å². The Morgan fingerprint density at radius 3 is 3.12 bits per heavy atom. The van der Waals surface area contributed by atoms with Crippen molar-refractivity contribution in [3.05, 3.63) is 24.9 Å². The zero-order valence-electron chi connectivity index (χ0n) is 14.6. The molecule has 3 amide bonds. The Morgan fingerprint density at radius 1 is 1.56 bits per heavy atom. The van der Waals surface area contributed by atoms with E-state index in [1.165, 1.54) is 4.90 Å². The molecule has 0 radical (unpaired) electrons. The van der Waals surface area contributed by atoms with E-state index >= 15 is 0 Å². The Bertz CT molecular complexity index is 638. The minimum Gasteiger partial charge on any atom is -0.381 e. The fourth-order valence-corrected chi connectivity index (χ4v) is 3.31. The Morgan fingerprint density at radius 2 is 2.40 bits per heavy atom. The maximum atomic E-state index is 12.6. The van der Waals surface area contributed by atoms with Gasteiger partial charge in [0.05, 0.1) is 12.8 Å². The Hall–Kier alpha value is -2.35. The number of anilines is 1.